The number of hydrogen-bond donors (Lipinski definition) is 2. The van der Waals surface area contributed by atoms with Crippen molar-refractivity contribution in [1.29, 1.82) is 0 Å². The number of pyridine rings is 2. The molecule has 1 aliphatic carbocycles. The lowest BCUT2D eigenvalue weighted by molar-refractivity contribution is -0.141. The number of nitrogens with zero attached hydrogens (tertiary/aromatic N) is 4. The molecular weight excluding hydrogens is 515 g/mol. The standard InChI is InChI=1S/C27H28F3N5O2S/c1-26(2,3)38(37)34-25(18-12-19(36)13-18)21-7-4-6-20(32-21)16-10-11-17-15-31-35(22(17)14-16)24-9-5-8-23(33-24)27(28,29)30/h4-11,14-15,18-19,25,34,36H,12-13H2,1-3H3/t18?,19?,25-,38?/m0/s1. The van der Waals surface area contributed by atoms with E-state index in [4.69, 9.17) is 4.98 Å². The molecule has 1 aliphatic rings. The predicted molar refractivity (Wildman–Crippen MR) is 140 cm³/mol. The molecular formula is C27H28F3N5O2S. The second kappa shape index (κ2) is 9.96. The van der Waals surface area contributed by atoms with Gasteiger partial charge in [-0.2, -0.15) is 18.3 Å². The molecule has 1 fully saturated rings. The van der Waals surface area contributed by atoms with Gasteiger partial charge in [-0.25, -0.2) is 9.67 Å². The monoisotopic (exact) mass is 543 g/mol. The molecule has 0 bridgehead atoms. The number of rotatable bonds is 6. The molecule has 0 radical (unpaired) electrons. The van der Waals surface area contributed by atoms with Gasteiger partial charge in [-0.1, -0.05) is 24.3 Å². The summed E-state index contributed by atoms with van der Waals surface area (Å²) in [6.45, 7) is 5.68. The van der Waals surface area contributed by atoms with Gasteiger partial charge in [0.25, 0.3) is 0 Å². The fourth-order valence-corrected chi connectivity index (χ4v) is 5.33. The van der Waals surface area contributed by atoms with Crippen molar-refractivity contribution in [2.75, 3.05) is 0 Å². The minimum Gasteiger partial charge on any atom is -0.598 e. The number of aromatic nitrogens is 4. The number of aliphatic hydroxyl groups excluding tert-OH is 1. The molecule has 1 aromatic carbocycles. The molecule has 0 spiro atoms. The Morgan fingerprint density at radius 2 is 1.79 bits per heavy atom. The highest BCUT2D eigenvalue weighted by Crippen LogP contribution is 2.39. The van der Waals surface area contributed by atoms with Crippen molar-refractivity contribution in [3.05, 3.63) is 72.2 Å². The molecule has 4 aromatic rings. The van der Waals surface area contributed by atoms with Crippen LogP contribution < -0.4 is 4.72 Å². The summed E-state index contributed by atoms with van der Waals surface area (Å²) in [7, 11) is 0. The summed E-state index contributed by atoms with van der Waals surface area (Å²) in [4.78, 5) is 8.64. The fraction of sp³-hybridized carbons (Fsp3) is 0.370. The highest BCUT2D eigenvalue weighted by atomic mass is 32.2. The van der Waals surface area contributed by atoms with Crippen molar-refractivity contribution >= 4 is 22.3 Å². The molecule has 3 aromatic heterocycles. The minimum absolute atomic E-state index is 0.0612. The Morgan fingerprint density at radius 3 is 2.47 bits per heavy atom. The van der Waals surface area contributed by atoms with Crippen LogP contribution in [0.1, 0.15) is 51.0 Å². The number of hydrogen-bond acceptors (Lipinski definition) is 6. The van der Waals surface area contributed by atoms with E-state index in [2.05, 4.69) is 14.8 Å². The Hall–Kier alpha value is -2.99. The Labute approximate surface area is 221 Å². The average Bonchev–Trinajstić information content (AvgIpc) is 3.28. The third-order valence-corrected chi connectivity index (χ3v) is 8.19. The van der Waals surface area contributed by atoms with Gasteiger partial charge in [0.15, 0.2) is 5.82 Å². The van der Waals surface area contributed by atoms with Gasteiger partial charge < -0.3 is 9.66 Å². The van der Waals surface area contributed by atoms with Crippen LogP contribution in [-0.4, -0.2) is 40.3 Å². The first-order valence-electron chi connectivity index (χ1n) is 12.3. The lowest BCUT2D eigenvalue weighted by atomic mass is 9.76. The van der Waals surface area contributed by atoms with Gasteiger partial charge in [0.1, 0.15) is 10.4 Å². The van der Waals surface area contributed by atoms with Crippen LogP contribution in [0.5, 0.6) is 0 Å². The molecule has 1 saturated carbocycles. The molecule has 38 heavy (non-hydrogen) atoms. The van der Waals surface area contributed by atoms with Gasteiger partial charge in [-0.05, 0) is 69.9 Å². The van der Waals surface area contributed by atoms with E-state index < -0.39 is 28.0 Å². The van der Waals surface area contributed by atoms with Gasteiger partial charge in [0.2, 0.25) is 0 Å². The maximum Gasteiger partial charge on any atom is 0.433 e. The zero-order valence-electron chi connectivity index (χ0n) is 21.1. The van der Waals surface area contributed by atoms with E-state index in [9.17, 15) is 22.8 Å². The van der Waals surface area contributed by atoms with Crippen LogP contribution in [0.25, 0.3) is 28.0 Å². The number of benzene rings is 1. The van der Waals surface area contributed by atoms with Crippen molar-refractivity contribution < 1.29 is 22.8 Å². The number of nitrogens with one attached hydrogen (secondary N) is 1. The Morgan fingerprint density at radius 1 is 1.05 bits per heavy atom. The van der Waals surface area contributed by atoms with Crippen molar-refractivity contribution in [1.82, 2.24) is 24.5 Å². The van der Waals surface area contributed by atoms with E-state index >= 15 is 0 Å². The predicted octanol–water partition coefficient (Wildman–Crippen LogP) is 5.37. The molecule has 11 heteroatoms. The second-order valence-electron chi connectivity index (χ2n) is 10.5. The molecule has 200 valence electrons. The molecule has 3 heterocycles. The zero-order chi connectivity index (χ0) is 27.2. The summed E-state index contributed by atoms with van der Waals surface area (Å²) in [6.07, 6.45) is -2.16. The van der Waals surface area contributed by atoms with Gasteiger partial charge in [0, 0.05) is 22.3 Å². The molecule has 7 nitrogen and oxygen atoms in total. The summed E-state index contributed by atoms with van der Waals surface area (Å²) in [5.41, 5.74) is 1.72. The lowest BCUT2D eigenvalue weighted by Gasteiger charge is -2.38. The van der Waals surface area contributed by atoms with Crippen LogP contribution in [0.15, 0.2) is 60.8 Å². The van der Waals surface area contributed by atoms with Crippen LogP contribution in [0.3, 0.4) is 0 Å². The molecule has 0 aliphatic heterocycles. The fourth-order valence-electron chi connectivity index (χ4n) is 4.44. The van der Waals surface area contributed by atoms with Crippen molar-refractivity contribution in [3.8, 4) is 17.1 Å². The van der Waals surface area contributed by atoms with E-state index in [-0.39, 0.29) is 23.9 Å². The third-order valence-electron chi connectivity index (χ3n) is 6.61. The third kappa shape index (κ3) is 5.42. The highest BCUT2D eigenvalue weighted by molar-refractivity contribution is 7.90. The van der Waals surface area contributed by atoms with Crippen LogP contribution in [0.4, 0.5) is 13.2 Å². The normalized spacial score (nSPS) is 19.8. The van der Waals surface area contributed by atoms with Crippen molar-refractivity contribution in [2.24, 2.45) is 5.92 Å². The van der Waals surface area contributed by atoms with Gasteiger partial charge in [0.05, 0.1) is 35.2 Å². The first kappa shape index (κ1) is 26.6. The van der Waals surface area contributed by atoms with E-state index in [0.717, 1.165) is 17.0 Å². The SMILES string of the molecule is CC(C)(C)[S+]([O-])N[C@H](c1cccc(-c2ccc3cnn(-c4cccc(C(F)(F)F)n4)c3c2)n1)C1CC(O)C1. The van der Waals surface area contributed by atoms with Gasteiger partial charge >= 0.3 is 6.18 Å². The van der Waals surface area contributed by atoms with Crippen molar-refractivity contribution in [3.63, 3.8) is 0 Å². The van der Waals surface area contributed by atoms with Crippen LogP contribution in [-0.2, 0) is 17.5 Å². The maximum atomic E-state index is 13.2. The van der Waals surface area contributed by atoms with E-state index in [1.165, 1.54) is 16.8 Å². The topological polar surface area (TPSA) is 98.9 Å². The van der Waals surface area contributed by atoms with Crippen LogP contribution >= 0.6 is 0 Å². The largest absolute Gasteiger partial charge is 0.598 e. The summed E-state index contributed by atoms with van der Waals surface area (Å²) in [5.74, 6) is 0.154. The zero-order valence-corrected chi connectivity index (χ0v) is 21.9. The lowest BCUT2D eigenvalue weighted by Crippen LogP contribution is -2.46. The molecule has 2 atom stereocenters. The molecule has 2 N–H and O–H groups in total. The maximum absolute atomic E-state index is 13.2. The van der Waals surface area contributed by atoms with E-state index in [1.807, 2.05) is 57.2 Å². The Bertz CT molecular complexity index is 1450. The highest BCUT2D eigenvalue weighted by Gasteiger charge is 2.40. The average molecular weight is 544 g/mol. The smallest absolute Gasteiger partial charge is 0.433 e. The molecule has 0 saturated heterocycles. The van der Waals surface area contributed by atoms with Gasteiger partial charge in [-0.3, -0.25) is 4.98 Å². The van der Waals surface area contributed by atoms with Gasteiger partial charge in [-0.15, -0.1) is 4.72 Å². The molecule has 5 rings (SSSR count). The van der Waals surface area contributed by atoms with Crippen LogP contribution in [0.2, 0.25) is 0 Å². The first-order chi connectivity index (χ1) is 17.9. The first-order valence-corrected chi connectivity index (χ1v) is 13.4. The Kier molecular flexibility index (Phi) is 6.97. The number of aliphatic hydroxyl groups is 1. The van der Waals surface area contributed by atoms with Crippen molar-refractivity contribution in [2.45, 2.75) is 56.7 Å². The summed E-state index contributed by atoms with van der Waals surface area (Å²) in [6, 6.07) is 14.5. The number of halogens is 3. The number of fused-ring (bicyclic) bond motifs is 1. The quantitative estimate of drug-likeness (QED) is 0.318. The Balaban J connectivity index is 1.51. The van der Waals surface area contributed by atoms with Crippen LogP contribution in [0, 0.1) is 5.92 Å². The minimum atomic E-state index is -4.56. The summed E-state index contributed by atoms with van der Waals surface area (Å²) < 4.78 is 56.7. The van der Waals surface area contributed by atoms with E-state index in [0.29, 0.717) is 29.7 Å². The summed E-state index contributed by atoms with van der Waals surface area (Å²) in [5, 5.41) is 14.9. The molecule has 1 unspecified atom stereocenters. The summed E-state index contributed by atoms with van der Waals surface area (Å²) >= 11 is -1.33. The molecule has 0 amide bonds. The number of alkyl halides is 3. The second-order valence-corrected chi connectivity index (χ2v) is 12.5. The van der Waals surface area contributed by atoms with E-state index in [1.54, 1.807) is 6.20 Å².